The molecule has 0 saturated heterocycles. The lowest BCUT2D eigenvalue weighted by atomic mass is 10.1. The number of aromatic amines is 1. The maximum Gasteiger partial charge on any atom is 0.271 e. The number of nitrogens with zero attached hydrogens (tertiary/aromatic N) is 2. The lowest BCUT2D eigenvalue weighted by Gasteiger charge is -2.06. The molecule has 7 heteroatoms. The van der Waals surface area contributed by atoms with E-state index in [-0.39, 0.29) is 18.0 Å². The van der Waals surface area contributed by atoms with Crippen molar-refractivity contribution < 1.29 is 13.9 Å². The molecule has 110 valence electrons. The number of benzene rings is 1. The van der Waals surface area contributed by atoms with E-state index < -0.39 is 11.7 Å². The van der Waals surface area contributed by atoms with Gasteiger partial charge in [-0.1, -0.05) is 12.1 Å². The Labute approximate surface area is 120 Å². The summed E-state index contributed by atoms with van der Waals surface area (Å²) in [6.07, 6.45) is 2.40. The van der Waals surface area contributed by atoms with Gasteiger partial charge in [0.05, 0.1) is 6.61 Å². The molecule has 1 saturated carbocycles. The zero-order chi connectivity index (χ0) is 14.8. The van der Waals surface area contributed by atoms with Crippen LogP contribution in [0.1, 0.15) is 28.9 Å². The van der Waals surface area contributed by atoms with Crippen molar-refractivity contribution in [3.8, 4) is 11.3 Å². The van der Waals surface area contributed by atoms with Gasteiger partial charge < -0.3 is 10.5 Å². The average molecular weight is 290 g/mol. The Kier molecular flexibility index (Phi) is 3.66. The van der Waals surface area contributed by atoms with Gasteiger partial charge in [0.25, 0.3) is 5.91 Å². The van der Waals surface area contributed by atoms with Crippen LogP contribution in [0, 0.1) is 11.7 Å². The molecule has 1 heterocycles. The van der Waals surface area contributed by atoms with Gasteiger partial charge in [-0.25, -0.2) is 4.39 Å². The van der Waals surface area contributed by atoms with Gasteiger partial charge in [-0.3, -0.25) is 4.79 Å². The molecule has 1 aromatic heterocycles. The minimum absolute atomic E-state index is 0.00728. The standard InChI is InChI=1S/C14H15FN4O2/c15-11-5-9(12-13(14(16)20)18-19-17-12)3-4-10(11)7-21-6-8-1-2-8/h3-5,8H,1-2,6-7H2,(H2,16,20)(H,17,18,19). The highest BCUT2D eigenvalue weighted by Crippen LogP contribution is 2.29. The summed E-state index contributed by atoms with van der Waals surface area (Å²) in [4.78, 5) is 11.2. The number of hydrogen-bond acceptors (Lipinski definition) is 4. The Morgan fingerprint density at radius 1 is 1.43 bits per heavy atom. The molecule has 0 radical (unpaired) electrons. The van der Waals surface area contributed by atoms with E-state index in [1.165, 1.54) is 18.9 Å². The number of aromatic nitrogens is 3. The maximum absolute atomic E-state index is 14.1. The number of carbonyl (C=O) groups is 1. The van der Waals surface area contributed by atoms with Crippen LogP contribution in [0.4, 0.5) is 4.39 Å². The fraction of sp³-hybridized carbons (Fsp3) is 0.357. The topological polar surface area (TPSA) is 93.9 Å². The Bertz CT molecular complexity index is 667. The average Bonchev–Trinajstić information content (AvgIpc) is 3.14. The van der Waals surface area contributed by atoms with Crippen molar-refractivity contribution in [2.75, 3.05) is 6.61 Å². The molecule has 3 N–H and O–H groups in total. The van der Waals surface area contributed by atoms with Gasteiger partial charge in [-0.05, 0) is 24.8 Å². The number of carbonyl (C=O) groups excluding carboxylic acids is 1. The summed E-state index contributed by atoms with van der Waals surface area (Å²) in [5.74, 6) is -0.474. The fourth-order valence-electron chi connectivity index (χ4n) is 2.04. The minimum Gasteiger partial charge on any atom is -0.376 e. The molecular formula is C14H15FN4O2. The third-order valence-electron chi connectivity index (χ3n) is 3.42. The Hall–Kier alpha value is -2.28. The molecule has 1 aliphatic rings. The van der Waals surface area contributed by atoms with Gasteiger partial charge in [0, 0.05) is 17.7 Å². The van der Waals surface area contributed by atoms with Gasteiger partial charge >= 0.3 is 0 Å². The van der Waals surface area contributed by atoms with Crippen molar-refractivity contribution in [1.82, 2.24) is 15.4 Å². The highest BCUT2D eigenvalue weighted by Gasteiger charge is 2.21. The minimum atomic E-state index is -0.712. The van der Waals surface area contributed by atoms with Crippen molar-refractivity contribution >= 4 is 5.91 Å². The van der Waals surface area contributed by atoms with Crippen LogP contribution in [-0.2, 0) is 11.3 Å². The molecule has 0 bridgehead atoms. The quantitative estimate of drug-likeness (QED) is 0.845. The zero-order valence-electron chi connectivity index (χ0n) is 11.3. The van der Waals surface area contributed by atoms with Crippen molar-refractivity contribution in [3.63, 3.8) is 0 Å². The van der Waals surface area contributed by atoms with Crippen LogP contribution in [0.2, 0.25) is 0 Å². The number of hydrogen-bond donors (Lipinski definition) is 2. The summed E-state index contributed by atoms with van der Waals surface area (Å²) in [6, 6.07) is 4.60. The molecule has 21 heavy (non-hydrogen) atoms. The molecule has 1 aliphatic carbocycles. The van der Waals surface area contributed by atoms with Gasteiger partial charge in [0.2, 0.25) is 0 Å². The number of halogens is 1. The summed E-state index contributed by atoms with van der Waals surface area (Å²) in [6.45, 7) is 0.917. The van der Waals surface area contributed by atoms with Crippen LogP contribution in [0.3, 0.4) is 0 Å². The second-order valence-corrected chi connectivity index (χ2v) is 5.15. The molecule has 6 nitrogen and oxygen atoms in total. The van der Waals surface area contributed by atoms with Crippen molar-refractivity contribution in [2.24, 2.45) is 11.7 Å². The first-order valence-electron chi connectivity index (χ1n) is 6.72. The smallest absolute Gasteiger partial charge is 0.271 e. The number of H-pyrrole nitrogens is 1. The number of nitrogens with two attached hydrogens (primary N) is 1. The molecule has 0 atom stereocenters. The Morgan fingerprint density at radius 3 is 2.90 bits per heavy atom. The summed E-state index contributed by atoms with van der Waals surface area (Å²) in [7, 11) is 0. The monoisotopic (exact) mass is 290 g/mol. The first-order valence-corrected chi connectivity index (χ1v) is 6.72. The number of rotatable bonds is 6. The molecule has 1 fully saturated rings. The van der Waals surface area contributed by atoms with Crippen LogP contribution in [-0.4, -0.2) is 27.9 Å². The van der Waals surface area contributed by atoms with Crippen LogP contribution in [0.15, 0.2) is 18.2 Å². The highest BCUT2D eigenvalue weighted by molar-refractivity contribution is 5.96. The number of ether oxygens (including phenoxy) is 1. The van der Waals surface area contributed by atoms with Gasteiger partial charge in [0.1, 0.15) is 11.5 Å². The second-order valence-electron chi connectivity index (χ2n) is 5.15. The predicted molar refractivity (Wildman–Crippen MR) is 72.7 cm³/mol. The molecule has 3 rings (SSSR count). The Balaban J connectivity index is 1.76. The second kappa shape index (κ2) is 5.61. The molecule has 1 aromatic carbocycles. The molecule has 1 amide bonds. The lowest BCUT2D eigenvalue weighted by molar-refractivity contribution is 0.0996. The Morgan fingerprint density at radius 2 is 2.24 bits per heavy atom. The summed E-state index contributed by atoms with van der Waals surface area (Å²) < 4.78 is 19.5. The fourth-order valence-corrected chi connectivity index (χ4v) is 2.04. The van der Waals surface area contributed by atoms with Crippen LogP contribution >= 0.6 is 0 Å². The van der Waals surface area contributed by atoms with E-state index in [0.29, 0.717) is 23.7 Å². The SMILES string of the molecule is NC(=O)c1n[nH]nc1-c1ccc(COCC2CC2)c(F)c1. The number of primary amides is 1. The van der Waals surface area contributed by atoms with E-state index >= 15 is 0 Å². The van der Waals surface area contributed by atoms with E-state index in [4.69, 9.17) is 10.5 Å². The van der Waals surface area contributed by atoms with E-state index in [0.717, 1.165) is 0 Å². The lowest BCUT2D eigenvalue weighted by Crippen LogP contribution is -2.12. The van der Waals surface area contributed by atoms with E-state index in [1.807, 2.05) is 0 Å². The van der Waals surface area contributed by atoms with Gasteiger partial charge in [-0.2, -0.15) is 15.4 Å². The first kappa shape index (κ1) is 13.7. The first-order chi connectivity index (χ1) is 10.1. The van der Waals surface area contributed by atoms with Crippen LogP contribution in [0.5, 0.6) is 0 Å². The normalized spacial score (nSPS) is 14.3. The molecule has 0 unspecified atom stereocenters. The highest BCUT2D eigenvalue weighted by atomic mass is 19.1. The summed E-state index contributed by atoms with van der Waals surface area (Å²) in [5, 5.41) is 9.82. The van der Waals surface area contributed by atoms with Crippen molar-refractivity contribution in [1.29, 1.82) is 0 Å². The third-order valence-corrected chi connectivity index (χ3v) is 3.42. The van der Waals surface area contributed by atoms with Crippen molar-refractivity contribution in [2.45, 2.75) is 19.4 Å². The predicted octanol–water partition coefficient (Wildman–Crippen LogP) is 1.64. The zero-order valence-corrected chi connectivity index (χ0v) is 11.3. The van der Waals surface area contributed by atoms with Crippen LogP contribution < -0.4 is 5.73 Å². The van der Waals surface area contributed by atoms with Crippen molar-refractivity contribution in [3.05, 3.63) is 35.3 Å². The summed E-state index contributed by atoms with van der Waals surface area (Å²) in [5.41, 5.74) is 6.35. The molecule has 0 spiro atoms. The van der Waals surface area contributed by atoms with Gasteiger partial charge in [0.15, 0.2) is 5.69 Å². The maximum atomic E-state index is 14.1. The largest absolute Gasteiger partial charge is 0.376 e. The summed E-state index contributed by atoms with van der Waals surface area (Å²) >= 11 is 0. The third kappa shape index (κ3) is 3.08. The van der Waals surface area contributed by atoms with E-state index in [1.54, 1.807) is 12.1 Å². The van der Waals surface area contributed by atoms with Crippen LogP contribution in [0.25, 0.3) is 11.3 Å². The van der Waals surface area contributed by atoms with E-state index in [2.05, 4.69) is 15.4 Å². The number of amides is 1. The number of nitrogens with one attached hydrogen (secondary N) is 1. The molecule has 0 aliphatic heterocycles. The van der Waals surface area contributed by atoms with E-state index in [9.17, 15) is 9.18 Å². The molecule has 2 aromatic rings. The molecular weight excluding hydrogens is 275 g/mol. The van der Waals surface area contributed by atoms with Gasteiger partial charge in [-0.15, -0.1) is 0 Å².